The van der Waals surface area contributed by atoms with Crippen molar-refractivity contribution in [2.24, 2.45) is 0 Å². The number of ether oxygens (including phenoxy) is 1. The summed E-state index contributed by atoms with van der Waals surface area (Å²) in [5.74, 6) is -2.06. The summed E-state index contributed by atoms with van der Waals surface area (Å²) in [6.07, 6.45) is -3.79. The van der Waals surface area contributed by atoms with E-state index >= 15 is 0 Å². The molecule has 7 heteroatoms. The Hall–Kier alpha value is -1.53. The summed E-state index contributed by atoms with van der Waals surface area (Å²) in [6.45, 7) is 1.65. The lowest BCUT2D eigenvalue weighted by molar-refractivity contribution is -0.144. The second-order valence-corrected chi connectivity index (χ2v) is 2.36. The third-order valence-electron chi connectivity index (χ3n) is 1.34. The van der Waals surface area contributed by atoms with Crippen LogP contribution in [0.3, 0.4) is 0 Å². The summed E-state index contributed by atoms with van der Waals surface area (Å²) < 4.78 is 40.5. The molecule has 0 aliphatic rings. The van der Waals surface area contributed by atoms with E-state index in [2.05, 4.69) is 9.72 Å². The van der Waals surface area contributed by atoms with Crippen LogP contribution in [0.1, 0.15) is 23.2 Å². The highest BCUT2D eigenvalue weighted by Gasteiger charge is 2.35. The Morgan fingerprint density at radius 3 is 2.71 bits per heavy atom. The highest BCUT2D eigenvalue weighted by molar-refractivity contribution is 5.86. The zero-order chi connectivity index (χ0) is 10.8. The summed E-state index contributed by atoms with van der Waals surface area (Å²) in [4.78, 5) is 15.8. The summed E-state index contributed by atoms with van der Waals surface area (Å²) in [6, 6.07) is 0. The Morgan fingerprint density at radius 1 is 1.64 bits per heavy atom. The number of aromatic amines is 1. The number of alkyl halides is 3. The van der Waals surface area contributed by atoms with Gasteiger partial charge in [-0.15, -0.1) is 0 Å². The molecule has 1 aromatic rings. The van der Waals surface area contributed by atoms with Gasteiger partial charge in [0.25, 0.3) is 0 Å². The fraction of sp³-hybridized carbons (Fsp3) is 0.429. The topological polar surface area (TPSA) is 55.0 Å². The number of rotatable bonds is 2. The van der Waals surface area contributed by atoms with E-state index in [9.17, 15) is 18.0 Å². The standard InChI is InChI=1S/C7H7F3N2O2/c1-2-14-5(13)4-3-11-6(12-4)7(8,9)10/h3H,2H2,1H3,(H,11,12). The van der Waals surface area contributed by atoms with Crippen molar-refractivity contribution in [3.05, 3.63) is 17.7 Å². The molecule has 0 spiro atoms. The van der Waals surface area contributed by atoms with E-state index in [1.807, 2.05) is 4.98 Å². The molecule has 0 saturated carbocycles. The first-order valence-corrected chi connectivity index (χ1v) is 3.74. The Labute approximate surface area is 77.1 Å². The number of aromatic nitrogens is 2. The fourth-order valence-corrected chi connectivity index (χ4v) is 0.778. The summed E-state index contributed by atoms with van der Waals surface area (Å²) in [5, 5.41) is 0. The van der Waals surface area contributed by atoms with Crippen LogP contribution in [0.25, 0.3) is 0 Å². The number of nitrogens with zero attached hydrogens (tertiary/aromatic N) is 1. The number of carbonyl (C=O) groups excluding carboxylic acids is 1. The van der Waals surface area contributed by atoms with Crippen LogP contribution in [0, 0.1) is 0 Å². The zero-order valence-electron chi connectivity index (χ0n) is 7.18. The van der Waals surface area contributed by atoms with Crippen molar-refractivity contribution in [1.29, 1.82) is 0 Å². The Kier molecular flexibility index (Phi) is 2.78. The van der Waals surface area contributed by atoms with Gasteiger partial charge in [0.1, 0.15) is 5.69 Å². The van der Waals surface area contributed by atoms with E-state index in [-0.39, 0.29) is 12.3 Å². The van der Waals surface area contributed by atoms with E-state index in [0.717, 1.165) is 6.20 Å². The fourth-order valence-electron chi connectivity index (χ4n) is 0.778. The van der Waals surface area contributed by atoms with Crippen molar-refractivity contribution in [3.8, 4) is 0 Å². The molecular weight excluding hydrogens is 201 g/mol. The van der Waals surface area contributed by atoms with Gasteiger partial charge in [-0.05, 0) is 6.92 Å². The van der Waals surface area contributed by atoms with Crippen LogP contribution >= 0.6 is 0 Å². The largest absolute Gasteiger partial charge is 0.461 e. The van der Waals surface area contributed by atoms with Crippen molar-refractivity contribution in [3.63, 3.8) is 0 Å². The van der Waals surface area contributed by atoms with Gasteiger partial charge < -0.3 is 9.72 Å². The van der Waals surface area contributed by atoms with Crippen molar-refractivity contribution < 1.29 is 22.7 Å². The van der Waals surface area contributed by atoms with Gasteiger partial charge in [0.05, 0.1) is 12.8 Å². The van der Waals surface area contributed by atoms with Gasteiger partial charge in [-0.25, -0.2) is 9.78 Å². The van der Waals surface area contributed by atoms with Gasteiger partial charge in [-0.1, -0.05) is 0 Å². The minimum atomic E-state index is -4.58. The average molecular weight is 208 g/mol. The summed E-state index contributed by atoms with van der Waals surface area (Å²) >= 11 is 0. The van der Waals surface area contributed by atoms with Crippen LogP contribution in [0.15, 0.2) is 6.20 Å². The molecular formula is C7H7F3N2O2. The molecule has 0 atom stereocenters. The second kappa shape index (κ2) is 3.69. The lowest BCUT2D eigenvalue weighted by atomic mass is 10.5. The normalized spacial score (nSPS) is 11.4. The number of imidazole rings is 1. The van der Waals surface area contributed by atoms with Crippen molar-refractivity contribution >= 4 is 5.97 Å². The first-order valence-electron chi connectivity index (χ1n) is 3.74. The number of carbonyl (C=O) groups is 1. The number of hydrogen-bond donors (Lipinski definition) is 1. The van der Waals surface area contributed by atoms with Gasteiger partial charge in [0.2, 0.25) is 5.82 Å². The molecule has 1 rings (SSSR count). The number of H-pyrrole nitrogens is 1. The molecule has 1 N–H and O–H groups in total. The van der Waals surface area contributed by atoms with Gasteiger partial charge in [0.15, 0.2) is 0 Å². The quantitative estimate of drug-likeness (QED) is 0.751. The molecule has 4 nitrogen and oxygen atoms in total. The third-order valence-corrected chi connectivity index (χ3v) is 1.34. The minimum absolute atomic E-state index is 0.0964. The molecule has 14 heavy (non-hydrogen) atoms. The molecule has 0 saturated heterocycles. The Balaban J connectivity index is 2.83. The van der Waals surface area contributed by atoms with E-state index in [1.165, 1.54) is 0 Å². The number of esters is 1. The summed E-state index contributed by atoms with van der Waals surface area (Å²) in [7, 11) is 0. The second-order valence-electron chi connectivity index (χ2n) is 2.36. The Morgan fingerprint density at radius 2 is 2.29 bits per heavy atom. The number of halogens is 3. The number of nitrogens with one attached hydrogen (secondary N) is 1. The maximum atomic E-state index is 12.0. The minimum Gasteiger partial charge on any atom is -0.461 e. The lowest BCUT2D eigenvalue weighted by Gasteiger charge is -2.00. The predicted octanol–water partition coefficient (Wildman–Crippen LogP) is 1.61. The molecule has 0 amide bonds. The first kappa shape index (κ1) is 10.6. The van der Waals surface area contributed by atoms with Crippen LogP contribution in [0.4, 0.5) is 13.2 Å². The van der Waals surface area contributed by atoms with Crippen molar-refractivity contribution in [2.75, 3.05) is 6.61 Å². The molecule has 78 valence electrons. The smallest absolute Gasteiger partial charge is 0.449 e. The Bertz CT molecular complexity index is 332. The average Bonchev–Trinajstić information content (AvgIpc) is 2.51. The molecule has 0 aliphatic carbocycles. The number of hydrogen-bond acceptors (Lipinski definition) is 3. The van der Waals surface area contributed by atoms with Crippen LogP contribution in [-0.4, -0.2) is 22.5 Å². The molecule has 0 aromatic carbocycles. The highest BCUT2D eigenvalue weighted by Crippen LogP contribution is 2.26. The zero-order valence-corrected chi connectivity index (χ0v) is 7.18. The van der Waals surface area contributed by atoms with Gasteiger partial charge in [-0.2, -0.15) is 13.2 Å². The molecule has 1 aromatic heterocycles. The van der Waals surface area contributed by atoms with E-state index < -0.39 is 18.0 Å². The van der Waals surface area contributed by atoms with Gasteiger partial charge in [0, 0.05) is 0 Å². The first-order chi connectivity index (χ1) is 6.45. The maximum absolute atomic E-state index is 12.0. The molecule has 0 bridgehead atoms. The molecule has 0 fully saturated rings. The third kappa shape index (κ3) is 2.24. The van der Waals surface area contributed by atoms with Crippen molar-refractivity contribution in [2.45, 2.75) is 13.1 Å². The summed E-state index contributed by atoms with van der Waals surface area (Å²) in [5.41, 5.74) is -0.306. The van der Waals surface area contributed by atoms with Crippen LogP contribution in [0.5, 0.6) is 0 Å². The van der Waals surface area contributed by atoms with Gasteiger partial charge in [-0.3, -0.25) is 0 Å². The molecule has 1 heterocycles. The van der Waals surface area contributed by atoms with E-state index in [1.54, 1.807) is 6.92 Å². The molecule has 0 radical (unpaired) electrons. The van der Waals surface area contributed by atoms with E-state index in [4.69, 9.17) is 0 Å². The van der Waals surface area contributed by atoms with Crippen LogP contribution < -0.4 is 0 Å². The SMILES string of the molecule is CCOC(=O)c1cnc(C(F)(F)F)[nH]1. The van der Waals surface area contributed by atoms with Crippen molar-refractivity contribution in [1.82, 2.24) is 9.97 Å². The van der Waals surface area contributed by atoms with Gasteiger partial charge >= 0.3 is 12.1 Å². The maximum Gasteiger partial charge on any atom is 0.449 e. The molecule has 0 unspecified atom stereocenters. The van der Waals surface area contributed by atoms with E-state index in [0.29, 0.717) is 0 Å². The monoisotopic (exact) mass is 208 g/mol. The van der Waals surface area contributed by atoms with Crippen LogP contribution in [0.2, 0.25) is 0 Å². The molecule has 0 aliphatic heterocycles. The van der Waals surface area contributed by atoms with Crippen LogP contribution in [-0.2, 0) is 10.9 Å². The highest BCUT2D eigenvalue weighted by atomic mass is 19.4. The lowest BCUT2D eigenvalue weighted by Crippen LogP contribution is -2.09. The predicted molar refractivity (Wildman–Crippen MR) is 39.5 cm³/mol.